The molecule has 1 aliphatic carbocycles. The molecule has 1 aliphatic heterocycles. The van der Waals surface area contributed by atoms with Gasteiger partial charge in [-0.25, -0.2) is 4.39 Å². The lowest BCUT2D eigenvalue weighted by Crippen LogP contribution is -2.42. The van der Waals surface area contributed by atoms with E-state index in [1.807, 2.05) is 34.0 Å². The predicted octanol–water partition coefficient (Wildman–Crippen LogP) is 3.88. The van der Waals surface area contributed by atoms with Crippen LogP contribution in [0.3, 0.4) is 0 Å². The van der Waals surface area contributed by atoms with Crippen molar-refractivity contribution in [2.75, 3.05) is 19.7 Å². The average Bonchev–Trinajstić information content (AvgIpc) is 3.28. The maximum Gasteiger partial charge on any atom is 0.224 e. The van der Waals surface area contributed by atoms with Gasteiger partial charge in [0.1, 0.15) is 11.9 Å². The summed E-state index contributed by atoms with van der Waals surface area (Å²) in [5, 5.41) is 4.51. The van der Waals surface area contributed by atoms with Crippen molar-refractivity contribution in [1.29, 1.82) is 0 Å². The Kier molecular flexibility index (Phi) is 6.48. The third-order valence-corrected chi connectivity index (χ3v) is 6.63. The van der Waals surface area contributed by atoms with E-state index in [9.17, 15) is 9.18 Å². The van der Waals surface area contributed by atoms with Gasteiger partial charge in [-0.05, 0) is 54.5 Å². The molecule has 0 N–H and O–H groups in total. The summed E-state index contributed by atoms with van der Waals surface area (Å²) in [6.45, 7) is 2.21. The Morgan fingerprint density at radius 1 is 1.12 bits per heavy atom. The number of fused-ring (bicyclic) bond motifs is 1. The van der Waals surface area contributed by atoms with Crippen LogP contribution in [0.5, 0.6) is 0 Å². The van der Waals surface area contributed by atoms with Crippen LogP contribution in [-0.4, -0.2) is 45.3 Å². The van der Waals surface area contributed by atoms with Crippen LogP contribution in [0.25, 0.3) is 0 Å². The first-order valence-electron chi connectivity index (χ1n) is 11.8. The van der Waals surface area contributed by atoms with Crippen molar-refractivity contribution < 1.29 is 13.9 Å². The molecule has 5 rings (SSSR count). The second-order valence-corrected chi connectivity index (χ2v) is 8.86. The third-order valence-electron chi connectivity index (χ3n) is 6.63. The zero-order chi connectivity index (χ0) is 22.6. The Hall–Kier alpha value is -3.06. The van der Waals surface area contributed by atoms with Crippen molar-refractivity contribution in [3.05, 3.63) is 82.7 Å². The van der Waals surface area contributed by atoms with Crippen LogP contribution in [0, 0.1) is 5.82 Å². The highest BCUT2D eigenvalue weighted by Gasteiger charge is 2.26. The Morgan fingerprint density at radius 3 is 2.85 bits per heavy atom. The second-order valence-electron chi connectivity index (χ2n) is 8.86. The molecule has 7 heteroatoms. The van der Waals surface area contributed by atoms with Crippen LogP contribution in [-0.2, 0) is 35.3 Å². The van der Waals surface area contributed by atoms with Crippen LogP contribution in [0.4, 0.5) is 4.39 Å². The van der Waals surface area contributed by atoms with Crippen LogP contribution < -0.4 is 0 Å². The molecule has 0 saturated carbocycles. The summed E-state index contributed by atoms with van der Waals surface area (Å²) in [4.78, 5) is 19.3. The molecular formula is C26H29FN4O2. The molecule has 3 heterocycles. The van der Waals surface area contributed by atoms with Crippen molar-refractivity contribution in [2.45, 2.75) is 51.2 Å². The molecule has 2 aliphatic rings. The second kappa shape index (κ2) is 9.83. The number of carbonyl (C=O) groups excluding carboxylic acids is 1. The van der Waals surface area contributed by atoms with Gasteiger partial charge in [0.05, 0.1) is 25.0 Å². The summed E-state index contributed by atoms with van der Waals surface area (Å²) in [6, 6.07) is 10.7. The van der Waals surface area contributed by atoms with Crippen LogP contribution in [0.15, 0.2) is 48.8 Å². The van der Waals surface area contributed by atoms with Gasteiger partial charge >= 0.3 is 0 Å². The molecule has 1 fully saturated rings. The van der Waals surface area contributed by atoms with Gasteiger partial charge in [-0.1, -0.05) is 24.3 Å². The molecule has 2 aromatic heterocycles. The fourth-order valence-electron chi connectivity index (χ4n) is 4.76. The molecule has 0 radical (unpaired) electrons. The molecular weight excluding hydrogens is 419 g/mol. The molecule has 1 atom stereocenters. The van der Waals surface area contributed by atoms with E-state index in [0.717, 1.165) is 24.1 Å². The SMILES string of the molecule is O=C(CCn1ncc2c1CCCC2)N1CCO[C@@H](c2ccc(Cc3ccccc3F)cn2)C1. The normalized spacial score (nSPS) is 18.2. The minimum Gasteiger partial charge on any atom is -0.368 e. The number of pyridine rings is 1. The highest BCUT2D eigenvalue weighted by molar-refractivity contribution is 5.76. The molecule has 33 heavy (non-hydrogen) atoms. The third kappa shape index (κ3) is 4.98. The Balaban J connectivity index is 1.17. The topological polar surface area (TPSA) is 60.2 Å². The molecule has 0 spiro atoms. The van der Waals surface area contributed by atoms with Gasteiger partial charge in [-0.2, -0.15) is 5.10 Å². The summed E-state index contributed by atoms with van der Waals surface area (Å²) in [5.41, 5.74) is 5.02. The van der Waals surface area contributed by atoms with Crippen molar-refractivity contribution in [3.63, 3.8) is 0 Å². The molecule has 3 aromatic rings. The first-order chi connectivity index (χ1) is 16.2. The lowest BCUT2D eigenvalue weighted by atomic mass is 9.98. The van der Waals surface area contributed by atoms with Gasteiger partial charge in [-0.15, -0.1) is 0 Å². The van der Waals surface area contributed by atoms with Crippen LogP contribution >= 0.6 is 0 Å². The van der Waals surface area contributed by atoms with E-state index in [-0.39, 0.29) is 17.8 Å². The van der Waals surface area contributed by atoms with Crippen LogP contribution in [0.1, 0.15) is 53.4 Å². The standard InChI is InChI=1S/C26H29FN4O2/c27-22-7-3-1-5-20(22)15-19-9-10-23(28-16-19)25-18-30(13-14-33-25)26(32)11-12-31-24-8-4-2-6-21(24)17-29-31/h1,3,5,7,9-10,16-17,25H,2,4,6,8,11-15,18H2/t25-/m1/s1. The summed E-state index contributed by atoms with van der Waals surface area (Å²) >= 11 is 0. The van der Waals surface area contributed by atoms with E-state index in [1.54, 1.807) is 18.3 Å². The van der Waals surface area contributed by atoms with E-state index < -0.39 is 0 Å². The minimum absolute atomic E-state index is 0.125. The van der Waals surface area contributed by atoms with E-state index >= 15 is 0 Å². The van der Waals surface area contributed by atoms with E-state index in [2.05, 4.69) is 10.1 Å². The smallest absolute Gasteiger partial charge is 0.224 e. The number of hydrogen-bond acceptors (Lipinski definition) is 4. The minimum atomic E-state index is -0.248. The monoisotopic (exact) mass is 448 g/mol. The highest BCUT2D eigenvalue weighted by Crippen LogP contribution is 2.23. The maximum absolute atomic E-state index is 13.9. The Morgan fingerprint density at radius 2 is 2.00 bits per heavy atom. The Bertz CT molecular complexity index is 1110. The van der Waals surface area contributed by atoms with Gasteiger partial charge in [0.25, 0.3) is 0 Å². The lowest BCUT2D eigenvalue weighted by molar-refractivity contribution is -0.139. The van der Waals surface area contributed by atoms with E-state index in [1.165, 1.54) is 30.2 Å². The lowest BCUT2D eigenvalue weighted by Gasteiger charge is -2.33. The zero-order valence-corrected chi connectivity index (χ0v) is 18.8. The molecule has 172 valence electrons. The van der Waals surface area contributed by atoms with Gasteiger partial charge in [0.15, 0.2) is 0 Å². The summed E-state index contributed by atoms with van der Waals surface area (Å²) in [6.07, 6.45) is 9.00. The average molecular weight is 449 g/mol. The summed E-state index contributed by atoms with van der Waals surface area (Å²) in [7, 11) is 0. The number of nitrogens with zero attached hydrogens (tertiary/aromatic N) is 4. The number of carbonyl (C=O) groups is 1. The molecule has 0 bridgehead atoms. The van der Waals surface area contributed by atoms with Crippen molar-refractivity contribution >= 4 is 5.91 Å². The van der Waals surface area contributed by atoms with Gasteiger partial charge in [0, 0.05) is 37.8 Å². The number of aryl methyl sites for hydroxylation is 2. The quantitative estimate of drug-likeness (QED) is 0.574. The fraction of sp³-hybridized carbons (Fsp3) is 0.423. The maximum atomic E-state index is 13.9. The number of halogens is 1. The molecule has 0 unspecified atom stereocenters. The molecule has 6 nitrogen and oxygen atoms in total. The summed E-state index contributed by atoms with van der Waals surface area (Å²) < 4.78 is 21.8. The van der Waals surface area contributed by atoms with Crippen LogP contribution in [0.2, 0.25) is 0 Å². The van der Waals surface area contributed by atoms with Crippen molar-refractivity contribution in [2.24, 2.45) is 0 Å². The molecule has 1 saturated heterocycles. The van der Waals surface area contributed by atoms with Crippen molar-refractivity contribution in [1.82, 2.24) is 19.7 Å². The highest BCUT2D eigenvalue weighted by atomic mass is 19.1. The number of aromatic nitrogens is 3. The number of rotatable bonds is 6. The first kappa shape index (κ1) is 21.8. The number of hydrogen-bond donors (Lipinski definition) is 0. The first-order valence-corrected chi connectivity index (χ1v) is 11.8. The van der Waals surface area contributed by atoms with Gasteiger partial charge in [-0.3, -0.25) is 14.5 Å². The van der Waals surface area contributed by atoms with Gasteiger partial charge < -0.3 is 9.64 Å². The van der Waals surface area contributed by atoms with Gasteiger partial charge in [0.2, 0.25) is 5.91 Å². The number of morpholine rings is 1. The number of amides is 1. The zero-order valence-electron chi connectivity index (χ0n) is 18.8. The van der Waals surface area contributed by atoms with E-state index in [4.69, 9.17) is 4.74 Å². The summed E-state index contributed by atoms with van der Waals surface area (Å²) in [5.74, 6) is -0.0819. The fourth-order valence-corrected chi connectivity index (χ4v) is 4.76. The number of ether oxygens (including phenoxy) is 1. The van der Waals surface area contributed by atoms with E-state index in [0.29, 0.717) is 44.6 Å². The molecule has 1 aromatic carbocycles. The Labute approximate surface area is 193 Å². The predicted molar refractivity (Wildman–Crippen MR) is 122 cm³/mol. The number of benzene rings is 1. The molecule has 1 amide bonds. The largest absolute Gasteiger partial charge is 0.368 e. The van der Waals surface area contributed by atoms with Crippen molar-refractivity contribution in [3.8, 4) is 0 Å².